The van der Waals surface area contributed by atoms with Gasteiger partial charge in [-0.3, -0.25) is 4.79 Å². The van der Waals surface area contributed by atoms with Crippen LogP contribution in [-0.4, -0.2) is 48.7 Å². The molecule has 0 aromatic heterocycles. The highest BCUT2D eigenvalue weighted by Gasteiger charge is 2.18. The molecule has 0 aliphatic carbocycles. The van der Waals surface area contributed by atoms with Gasteiger partial charge in [0.05, 0.1) is 11.6 Å². The lowest BCUT2D eigenvalue weighted by molar-refractivity contribution is 0.0930. The van der Waals surface area contributed by atoms with Gasteiger partial charge in [0.2, 0.25) is 0 Å². The Balaban J connectivity index is 1.77. The number of carbonyl (C=O) groups is 1. The average Bonchev–Trinajstić information content (AvgIpc) is 2.55. The van der Waals surface area contributed by atoms with Gasteiger partial charge in [-0.2, -0.15) is 5.26 Å². The molecule has 0 unspecified atom stereocenters. The molecule has 0 spiro atoms. The zero-order valence-corrected chi connectivity index (χ0v) is 12.1. The number of piperidine rings is 1. The van der Waals surface area contributed by atoms with E-state index in [2.05, 4.69) is 10.2 Å². The lowest BCUT2D eigenvalue weighted by Crippen LogP contribution is -2.41. The van der Waals surface area contributed by atoms with Crippen molar-refractivity contribution in [3.05, 3.63) is 35.4 Å². The maximum atomic E-state index is 12.0. The van der Waals surface area contributed by atoms with E-state index in [9.17, 15) is 9.90 Å². The largest absolute Gasteiger partial charge is 0.396 e. The molecular weight excluding hydrogens is 266 g/mol. The number of aliphatic hydroxyl groups excluding tert-OH is 1. The van der Waals surface area contributed by atoms with Gasteiger partial charge in [0, 0.05) is 31.8 Å². The summed E-state index contributed by atoms with van der Waals surface area (Å²) in [6.07, 6.45) is 2.18. The van der Waals surface area contributed by atoms with Gasteiger partial charge in [-0.15, -0.1) is 0 Å². The van der Waals surface area contributed by atoms with Crippen molar-refractivity contribution in [1.82, 2.24) is 10.2 Å². The first-order valence-electron chi connectivity index (χ1n) is 7.34. The average molecular weight is 287 g/mol. The Kier molecular flexibility index (Phi) is 5.73. The van der Waals surface area contributed by atoms with Gasteiger partial charge in [-0.1, -0.05) is 6.07 Å². The Morgan fingerprint density at radius 1 is 1.52 bits per heavy atom. The minimum absolute atomic E-state index is 0.150. The predicted octanol–water partition coefficient (Wildman–Crippen LogP) is 0.992. The van der Waals surface area contributed by atoms with Crippen molar-refractivity contribution >= 4 is 5.91 Å². The molecule has 112 valence electrons. The molecule has 1 aliphatic heterocycles. The first-order chi connectivity index (χ1) is 10.2. The van der Waals surface area contributed by atoms with Crippen LogP contribution >= 0.6 is 0 Å². The van der Waals surface area contributed by atoms with Crippen molar-refractivity contribution < 1.29 is 9.90 Å². The number of rotatable bonds is 5. The van der Waals surface area contributed by atoms with Crippen LogP contribution in [0.4, 0.5) is 0 Å². The summed E-state index contributed by atoms with van der Waals surface area (Å²) in [5, 5.41) is 20.9. The van der Waals surface area contributed by atoms with Crippen LogP contribution in [0.25, 0.3) is 0 Å². The molecule has 5 nitrogen and oxygen atoms in total. The van der Waals surface area contributed by atoms with Gasteiger partial charge in [-0.05, 0) is 43.5 Å². The third kappa shape index (κ3) is 4.55. The number of nitrogens with one attached hydrogen (secondary N) is 1. The van der Waals surface area contributed by atoms with Crippen molar-refractivity contribution in [2.24, 2.45) is 5.92 Å². The normalized spacial score (nSPS) is 19.0. The summed E-state index contributed by atoms with van der Waals surface area (Å²) >= 11 is 0. The van der Waals surface area contributed by atoms with Crippen LogP contribution in [0.5, 0.6) is 0 Å². The number of aliphatic hydroxyl groups is 1. The molecule has 0 bridgehead atoms. The number of hydrogen-bond donors (Lipinski definition) is 2. The molecule has 1 aromatic carbocycles. The molecule has 0 radical (unpaired) electrons. The molecule has 0 saturated carbocycles. The smallest absolute Gasteiger partial charge is 0.251 e. The van der Waals surface area contributed by atoms with Crippen LogP contribution in [0, 0.1) is 17.2 Å². The molecular formula is C16H21N3O2. The fourth-order valence-corrected chi connectivity index (χ4v) is 2.66. The number of amides is 1. The fraction of sp³-hybridized carbons (Fsp3) is 0.500. The van der Waals surface area contributed by atoms with E-state index in [-0.39, 0.29) is 12.5 Å². The highest BCUT2D eigenvalue weighted by Crippen LogP contribution is 2.14. The molecule has 2 rings (SSSR count). The highest BCUT2D eigenvalue weighted by atomic mass is 16.3. The van der Waals surface area contributed by atoms with Crippen LogP contribution in [0.2, 0.25) is 0 Å². The van der Waals surface area contributed by atoms with Crippen molar-refractivity contribution in [1.29, 1.82) is 5.26 Å². The first kappa shape index (κ1) is 15.5. The van der Waals surface area contributed by atoms with E-state index >= 15 is 0 Å². The summed E-state index contributed by atoms with van der Waals surface area (Å²) in [6.45, 7) is 3.53. The van der Waals surface area contributed by atoms with Crippen molar-refractivity contribution in [3.63, 3.8) is 0 Å². The number of benzene rings is 1. The topological polar surface area (TPSA) is 76.4 Å². The molecule has 1 aromatic rings. The monoisotopic (exact) mass is 287 g/mol. The highest BCUT2D eigenvalue weighted by molar-refractivity contribution is 5.94. The SMILES string of the molecule is N#Cc1cccc(C(=O)NCCN2CCC[C@@H](CO)C2)c1. The van der Waals surface area contributed by atoms with Gasteiger partial charge in [0.15, 0.2) is 0 Å². The molecule has 1 amide bonds. The molecule has 1 fully saturated rings. The van der Waals surface area contributed by atoms with E-state index in [0.29, 0.717) is 23.6 Å². The lowest BCUT2D eigenvalue weighted by atomic mass is 9.99. The third-order valence-electron chi connectivity index (χ3n) is 3.83. The minimum atomic E-state index is -0.150. The van der Waals surface area contributed by atoms with Crippen LogP contribution in [-0.2, 0) is 0 Å². The zero-order chi connectivity index (χ0) is 15.1. The van der Waals surface area contributed by atoms with E-state index in [4.69, 9.17) is 5.26 Å². The van der Waals surface area contributed by atoms with Crippen molar-refractivity contribution in [2.45, 2.75) is 12.8 Å². The Bertz CT molecular complexity index is 524. The van der Waals surface area contributed by atoms with Crippen LogP contribution < -0.4 is 5.32 Å². The van der Waals surface area contributed by atoms with Crippen LogP contribution in [0.3, 0.4) is 0 Å². The summed E-state index contributed by atoms with van der Waals surface area (Å²) in [5.41, 5.74) is 1.00. The predicted molar refractivity (Wildman–Crippen MR) is 79.7 cm³/mol. The molecule has 1 aliphatic rings. The molecule has 1 atom stereocenters. The summed E-state index contributed by atoms with van der Waals surface area (Å²) in [6, 6.07) is 8.72. The van der Waals surface area contributed by atoms with Crippen LogP contribution in [0.15, 0.2) is 24.3 Å². The Labute approximate surface area is 125 Å². The van der Waals surface area contributed by atoms with E-state index in [1.807, 2.05) is 6.07 Å². The quantitative estimate of drug-likeness (QED) is 0.847. The molecule has 2 N–H and O–H groups in total. The van der Waals surface area contributed by atoms with E-state index in [1.165, 1.54) is 0 Å². The maximum absolute atomic E-state index is 12.0. The van der Waals surface area contributed by atoms with E-state index in [1.54, 1.807) is 24.3 Å². The van der Waals surface area contributed by atoms with Gasteiger partial charge < -0.3 is 15.3 Å². The zero-order valence-electron chi connectivity index (χ0n) is 12.1. The lowest BCUT2D eigenvalue weighted by Gasteiger charge is -2.31. The van der Waals surface area contributed by atoms with Gasteiger partial charge in [0.1, 0.15) is 0 Å². The number of nitrogens with zero attached hydrogens (tertiary/aromatic N) is 2. The number of hydrogen-bond acceptors (Lipinski definition) is 4. The molecule has 1 heterocycles. The standard InChI is InChI=1S/C16H21N3O2/c17-10-13-3-1-5-15(9-13)16(21)18-6-8-19-7-2-4-14(11-19)12-20/h1,3,5,9,14,20H,2,4,6-8,11-12H2,(H,18,21)/t14-/m1/s1. The number of nitriles is 1. The summed E-state index contributed by atoms with van der Waals surface area (Å²) < 4.78 is 0. The Morgan fingerprint density at radius 2 is 2.38 bits per heavy atom. The van der Waals surface area contributed by atoms with Gasteiger partial charge in [0.25, 0.3) is 5.91 Å². The van der Waals surface area contributed by atoms with E-state index in [0.717, 1.165) is 32.5 Å². The molecule has 21 heavy (non-hydrogen) atoms. The second kappa shape index (κ2) is 7.77. The second-order valence-electron chi connectivity index (χ2n) is 5.44. The Hall–Kier alpha value is -1.90. The van der Waals surface area contributed by atoms with Crippen LogP contribution in [0.1, 0.15) is 28.8 Å². The first-order valence-corrected chi connectivity index (χ1v) is 7.34. The van der Waals surface area contributed by atoms with Gasteiger partial charge in [-0.25, -0.2) is 0 Å². The number of carbonyl (C=O) groups excluding carboxylic acids is 1. The third-order valence-corrected chi connectivity index (χ3v) is 3.83. The Morgan fingerprint density at radius 3 is 3.14 bits per heavy atom. The molecule has 1 saturated heterocycles. The summed E-state index contributed by atoms with van der Waals surface area (Å²) in [7, 11) is 0. The summed E-state index contributed by atoms with van der Waals surface area (Å²) in [4.78, 5) is 14.3. The molecule has 5 heteroatoms. The fourth-order valence-electron chi connectivity index (χ4n) is 2.66. The van der Waals surface area contributed by atoms with Gasteiger partial charge >= 0.3 is 0 Å². The second-order valence-corrected chi connectivity index (χ2v) is 5.44. The van der Waals surface area contributed by atoms with E-state index < -0.39 is 0 Å². The van der Waals surface area contributed by atoms with Crippen molar-refractivity contribution in [2.75, 3.05) is 32.8 Å². The maximum Gasteiger partial charge on any atom is 0.251 e. The minimum Gasteiger partial charge on any atom is -0.396 e. The summed E-state index contributed by atoms with van der Waals surface area (Å²) in [5.74, 6) is 0.213. The number of likely N-dealkylation sites (tertiary alicyclic amines) is 1. The van der Waals surface area contributed by atoms with Crippen molar-refractivity contribution in [3.8, 4) is 6.07 Å².